The number of nitrogens with zero attached hydrogens (tertiary/aromatic N) is 1. The standard InChI is InChI=1S/C3H5NO.2C3H6/c1-2-4-3-5;2*1-3-2/h2H2,1H3;2*3H,1H2,2H3. The summed E-state index contributed by atoms with van der Waals surface area (Å²) in [6.45, 7) is 12.8. The van der Waals surface area contributed by atoms with Crippen LogP contribution in [0.2, 0.25) is 0 Å². The topological polar surface area (TPSA) is 29.4 Å². The monoisotopic (exact) mass is 155 g/mol. The second-order valence-electron chi connectivity index (χ2n) is 1.38. The summed E-state index contributed by atoms with van der Waals surface area (Å²) in [5.74, 6) is 0. The molecule has 0 N–H and O–H groups in total. The van der Waals surface area contributed by atoms with Crippen molar-refractivity contribution in [1.29, 1.82) is 0 Å². The average molecular weight is 155 g/mol. The van der Waals surface area contributed by atoms with Crippen molar-refractivity contribution in [2.24, 2.45) is 4.99 Å². The summed E-state index contributed by atoms with van der Waals surface area (Å²) in [5.41, 5.74) is 0. The molecule has 11 heavy (non-hydrogen) atoms. The highest BCUT2D eigenvalue weighted by Crippen LogP contribution is 1.52. The van der Waals surface area contributed by atoms with E-state index in [0.717, 1.165) is 0 Å². The van der Waals surface area contributed by atoms with Crippen LogP contribution in [-0.2, 0) is 4.79 Å². The molecule has 0 aromatic carbocycles. The van der Waals surface area contributed by atoms with Gasteiger partial charge in [0, 0.05) is 6.54 Å². The van der Waals surface area contributed by atoms with E-state index in [1.165, 1.54) is 6.08 Å². The van der Waals surface area contributed by atoms with Gasteiger partial charge in [-0.05, 0) is 20.8 Å². The van der Waals surface area contributed by atoms with Crippen molar-refractivity contribution < 1.29 is 4.79 Å². The van der Waals surface area contributed by atoms with Crippen LogP contribution < -0.4 is 0 Å². The van der Waals surface area contributed by atoms with E-state index in [9.17, 15) is 0 Å². The molecule has 0 bridgehead atoms. The summed E-state index contributed by atoms with van der Waals surface area (Å²) in [6.07, 6.45) is 4.89. The second-order valence-corrected chi connectivity index (χ2v) is 1.38. The summed E-state index contributed by atoms with van der Waals surface area (Å²) >= 11 is 0. The molecule has 0 rings (SSSR count). The van der Waals surface area contributed by atoms with E-state index in [-0.39, 0.29) is 0 Å². The van der Waals surface area contributed by atoms with E-state index in [0.29, 0.717) is 6.54 Å². The molecule has 0 radical (unpaired) electrons. The number of carbonyl (C=O) groups excluding carboxylic acids is 1. The molecule has 0 saturated carbocycles. The molecular formula is C9H17NO. The Hall–Kier alpha value is -1.14. The summed E-state index contributed by atoms with van der Waals surface area (Å²) in [4.78, 5) is 12.3. The number of hydrogen-bond acceptors (Lipinski definition) is 2. The summed E-state index contributed by atoms with van der Waals surface area (Å²) in [6, 6.07) is 0. The Morgan fingerprint density at radius 3 is 1.64 bits per heavy atom. The van der Waals surface area contributed by atoms with E-state index in [2.05, 4.69) is 18.2 Å². The van der Waals surface area contributed by atoms with Crippen LogP contribution in [0.5, 0.6) is 0 Å². The third kappa shape index (κ3) is 564. The molecule has 0 aromatic rings. The first-order valence-electron chi connectivity index (χ1n) is 3.42. The van der Waals surface area contributed by atoms with Gasteiger partial charge in [-0.1, -0.05) is 12.2 Å². The van der Waals surface area contributed by atoms with Crippen LogP contribution in [0, 0.1) is 0 Å². The Kier molecular flexibility index (Phi) is 54.9. The zero-order valence-corrected chi connectivity index (χ0v) is 7.63. The predicted octanol–water partition coefficient (Wildman–Crippen LogP) is 2.73. The SMILES string of the molecule is C=CC.C=CC.CCN=C=O. The molecule has 64 valence electrons. The number of rotatable bonds is 1. The van der Waals surface area contributed by atoms with Gasteiger partial charge in [-0.15, -0.1) is 13.2 Å². The molecule has 0 aliphatic rings. The lowest BCUT2D eigenvalue weighted by Crippen LogP contribution is -1.58. The molecular weight excluding hydrogens is 138 g/mol. The smallest absolute Gasteiger partial charge is 0.211 e. The quantitative estimate of drug-likeness (QED) is 0.325. The minimum atomic E-state index is 0.545. The number of isocyanates is 1. The van der Waals surface area contributed by atoms with Crippen molar-refractivity contribution >= 4 is 6.08 Å². The molecule has 0 aliphatic heterocycles. The van der Waals surface area contributed by atoms with Gasteiger partial charge in [0.2, 0.25) is 6.08 Å². The predicted molar refractivity (Wildman–Crippen MR) is 50.4 cm³/mol. The van der Waals surface area contributed by atoms with Crippen molar-refractivity contribution in [3.63, 3.8) is 0 Å². The lowest BCUT2D eigenvalue weighted by Gasteiger charge is -1.58. The van der Waals surface area contributed by atoms with Crippen molar-refractivity contribution in [2.75, 3.05) is 6.54 Å². The van der Waals surface area contributed by atoms with Gasteiger partial charge in [0.1, 0.15) is 0 Å². The number of allylic oxidation sites excluding steroid dienone is 2. The molecule has 0 aliphatic carbocycles. The Balaban J connectivity index is -0.0000000933. The number of hydrogen-bond donors (Lipinski definition) is 0. The Morgan fingerprint density at radius 1 is 1.36 bits per heavy atom. The van der Waals surface area contributed by atoms with Crippen LogP contribution in [0.4, 0.5) is 0 Å². The fraction of sp³-hybridized carbons (Fsp3) is 0.444. The third-order valence-corrected chi connectivity index (χ3v) is 0.223. The molecule has 0 saturated heterocycles. The zero-order chi connectivity index (χ0) is 9.54. The maximum Gasteiger partial charge on any atom is 0.234 e. The maximum atomic E-state index is 9.11. The highest BCUT2D eigenvalue weighted by Gasteiger charge is 1.52. The van der Waals surface area contributed by atoms with Crippen molar-refractivity contribution in [3.8, 4) is 0 Å². The molecule has 2 heteroatoms. The summed E-state index contributed by atoms with van der Waals surface area (Å²) < 4.78 is 0. The Bertz CT molecular complexity index is 107. The van der Waals surface area contributed by atoms with Gasteiger partial charge in [-0.3, -0.25) is 0 Å². The normalized spacial score (nSPS) is 5.00. The second kappa shape index (κ2) is 36.7. The first kappa shape index (κ1) is 16.4. The van der Waals surface area contributed by atoms with Gasteiger partial charge in [0.25, 0.3) is 0 Å². The molecule has 0 aromatic heterocycles. The maximum absolute atomic E-state index is 9.11. The van der Waals surface area contributed by atoms with Crippen LogP contribution in [0.15, 0.2) is 30.3 Å². The minimum absolute atomic E-state index is 0.545. The van der Waals surface area contributed by atoms with Crippen LogP contribution in [0.25, 0.3) is 0 Å². The van der Waals surface area contributed by atoms with E-state index < -0.39 is 0 Å². The van der Waals surface area contributed by atoms with Crippen LogP contribution in [0.1, 0.15) is 20.8 Å². The highest BCUT2D eigenvalue weighted by molar-refractivity contribution is 5.32. The zero-order valence-electron chi connectivity index (χ0n) is 7.63. The lowest BCUT2D eigenvalue weighted by molar-refractivity contribution is 0.563. The third-order valence-electron chi connectivity index (χ3n) is 0.223. The van der Waals surface area contributed by atoms with E-state index >= 15 is 0 Å². The molecule has 0 unspecified atom stereocenters. The molecule has 0 amide bonds. The summed E-state index contributed by atoms with van der Waals surface area (Å²) in [5, 5.41) is 0. The number of aliphatic imine (C=N–C) groups is 1. The van der Waals surface area contributed by atoms with E-state index in [1.54, 1.807) is 19.1 Å². The average Bonchev–Trinajstić information content (AvgIpc) is 1.92. The fourth-order valence-corrected chi connectivity index (χ4v) is 0.0645. The molecule has 0 heterocycles. The first-order chi connectivity index (χ1) is 5.24. The van der Waals surface area contributed by atoms with Gasteiger partial charge in [0.15, 0.2) is 0 Å². The van der Waals surface area contributed by atoms with E-state index in [4.69, 9.17) is 4.79 Å². The molecule has 2 nitrogen and oxygen atoms in total. The van der Waals surface area contributed by atoms with Crippen LogP contribution >= 0.6 is 0 Å². The Labute approximate surface area is 69.3 Å². The highest BCUT2D eigenvalue weighted by atomic mass is 16.1. The fourth-order valence-electron chi connectivity index (χ4n) is 0.0645. The summed E-state index contributed by atoms with van der Waals surface area (Å²) in [7, 11) is 0. The first-order valence-corrected chi connectivity index (χ1v) is 3.42. The van der Waals surface area contributed by atoms with Gasteiger partial charge in [0.05, 0.1) is 0 Å². The Morgan fingerprint density at radius 2 is 1.64 bits per heavy atom. The minimum Gasteiger partial charge on any atom is -0.211 e. The molecule has 0 spiro atoms. The largest absolute Gasteiger partial charge is 0.234 e. The van der Waals surface area contributed by atoms with Gasteiger partial charge in [-0.25, -0.2) is 9.79 Å². The van der Waals surface area contributed by atoms with E-state index in [1.807, 2.05) is 13.8 Å². The molecule has 0 fully saturated rings. The van der Waals surface area contributed by atoms with Crippen LogP contribution in [0.3, 0.4) is 0 Å². The lowest BCUT2D eigenvalue weighted by atomic mass is 10.8. The van der Waals surface area contributed by atoms with Gasteiger partial charge in [-0.2, -0.15) is 0 Å². The van der Waals surface area contributed by atoms with Crippen LogP contribution in [-0.4, -0.2) is 12.6 Å². The van der Waals surface area contributed by atoms with Gasteiger partial charge < -0.3 is 0 Å². The van der Waals surface area contributed by atoms with Crippen molar-refractivity contribution in [1.82, 2.24) is 0 Å². The van der Waals surface area contributed by atoms with Crippen molar-refractivity contribution in [3.05, 3.63) is 25.3 Å². The molecule has 0 atom stereocenters. The van der Waals surface area contributed by atoms with Gasteiger partial charge >= 0.3 is 0 Å². The van der Waals surface area contributed by atoms with Crippen molar-refractivity contribution in [2.45, 2.75) is 20.8 Å².